The van der Waals surface area contributed by atoms with Crippen LogP contribution in [0.2, 0.25) is 5.02 Å². The van der Waals surface area contributed by atoms with E-state index in [4.69, 9.17) is 22.4 Å². The van der Waals surface area contributed by atoms with Crippen LogP contribution in [0.4, 0.5) is 0 Å². The number of primary amides is 1. The molecule has 0 aromatic heterocycles. The first kappa shape index (κ1) is 10.8. The number of hydrogen-bond acceptors (Lipinski definition) is 2. The van der Waals surface area contributed by atoms with Crippen LogP contribution in [0.3, 0.4) is 0 Å². The molecule has 1 amide bonds. The van der Waals surface area contributed by atoms with Gasteiger partial charge >= 0.3 is 0 Å². The molecule has 1 atom stereocenters. The number of carbonyl (C=O) groups is 1. The van der Waals surface area contributed by atoms with Gasteiger partial charge in [-0.15, -0.1) is 0 Å². The Morgan fingerprint density at radius 2 is 2.14 bits per heavy atom. The van der Waals surface area contributed by atoms with E-state index < -0.39 is 12.0 Å². The summed E-state index contributed by atoms with van der Waals surface area (Å²) < 4.78 is 0. The molecule has 1 aromatic carbocycles. The van der Waals surface area contributed by atoms with Gasteiger partial charge in [0.15, 0.2) is 6.10 Å². The molecule has 0 saturated heterocycles. The van der Waals surface area contributed by atoms with Gasteiger partial charge in [0.1, 0.15) is 0 Å². The minimum Gasteiger partial charge on any atom is -0.379 e. The first-order valence-electron chi connectivity index (χ1n) is 4.01. The van der Waals surface area contributed by atoms with Gasteiger partial charge in [-0.05, 0) is 17.7 Å². The molecule has 0 spiro atoms. The van der Waals surface area contributed by atoms with E-state index in [0.717, 1.165) is 5.56 Å². The summed E-state index contributed by atoms with van der Waals surface area (Å²) in [6.07, 6.45) is 1.58. The van der Waals surface area contributed by atoms with Gasteiger partial charge in [-0.25, -0.2) is 0 Å². The molecule has 1 rings (SSSR count). The third kappa shape index (κ3) is 2.87. The maximum Gasteiger partial charge on any atom is 0.250 e. The quantitative estimate of drug-likeness (QED) is 0.789. The molecule has 14 heavy (non-hydrogen) atoms. The fraction of sp³-hybridized carbons (Fsp3) is 0.100. The normalized spacial score (nSPS) is 13.0. The van der Waals surface area contributed by atoms with E-state index in [1.165, 1.54) is 6.08 Å². The Morgan fingerprint density at radius 3 is 2.71 bits per heavy atom. The average molecular weight is 212 g/mol. The smallest absolute Gasteiger partial charge is 0.250 e. The largest absolute Gasteiger partial charge is 0.379 e. The number of benzene rings is 1. The lowest BCUT2D eigenvalue weighted by Crippen LogP contribution is -2.25. The van der Waals surface area contributed by atoms with Gasteiger partial charge in [0.2, 0.25) is 5.91 Å². The molecule has 0 aliphatic heterocycles. The molecule has 0 heterocycles. The van der Waals surface area contributed by atoms with Crippen molar-refractivity contribution in [2.24, 2.45) is 5.73 Å². The molecule has 0 bridgehead atoms. The van der Waals surface area contributed by atoms with Crippen LogP contribution in [-0.4, -0.2) is 17.1 Å². The van der Waals surface area contributed by atoms with Crippen LogP contribution in [0.25, 0.3) is 6.08 Å². The van der Waals surface area contributed by atoms with E-state index >= 15 is 0 Å². The van der Waals surface area contributed by atoms with Gasteiger partial charge in [-0.2, -0.15) is 0 Å². The predicted molar refractivity (Wildman–Crippen MR) is 55.7 cm³/mol. The first-order valence-corrected chi connectivity index (χ1v) is 4.39. The number of rotatable bonds is 3. The Morgan fingerprint density at radius 1 is 1.50 bits per heavy atom. The fourth-order valence-corrected chi connectivity index (χ4v) is 1.10. The SMILES string of the molecule is NC(=O)C(O)/C=C/c1ccccc1Cl. The molecule has 0 fully saturated rings. The maximum atomic E-state index is 10.5. The van der Waals surface area contributed by atoms with Crippen molar-refractivity contribution in [3.63, 3.8) is 0 Å². The summed E-state index contributed by atoms with van der Waals surface area (Å²) in [7, 11) is 0. The van der Waals surface area contributed by atoms with Gasteiger partial charge in [0, 0.05) is 5.02 Å². The zero-order chi connectivity index (χ0) is 10.6. The van der Waals surface area contributed by atoms with E-state index in [1.54, 1.807) is 24.3 Å². The van der Waals surface area contributed by atoms with Crippen LogP contribution in [0, 0.1) is 0 Å². The van der Waals surface area contributed by atoms with E-state index in [1.807, 2.05) is 6.07 Å². The van der Waals surface area contributed by atoms with E-state index in [-0.39, 0.29) is 0 Å². The fourth-order valence-electron chi connectivity index (χ4n) is 0.900. The van der Waals surface area contributed by atoms with E-state index in [2.05, 4.69) is 0 Å². The molecule has 3 nitrogen and oxygen atoms in total. The lowest BCUT2D eigenvalue weighted by molar-refractivity contribution is -0.123. The highest BCUT2D eigenvalue weighted by atomic mass is 35.5. The standard InChI is InChI=1S/C10H10ClNO2/c11-8-4-2-1-3-7(8)5-6-9(13)10(12)14/h1-6,9,13H,(H2,12,14)/b6-5+. The van der Waals surface area contributed by atoms with Gasteiger partial charge in [-0.3, -0.25) is 4.79 Å². The molecule has 0 aliphatic rings. The molecule has 4 heteroatoms. The molecule has 0 radical (unpaired) electrons. The molecular weight excluding hydrogens is 202 g/mol. The zero-order valence-electron chi connectivity index (χ0n) is 7.35. The summed E-state index contributed by atoms with van der Waals surface area (Å²) >= 11 is 5.84. The summed E-state index contributed by atoms with van der Waals surface area (Å²) in [5.74, 6) is -0.784. The Labute approximate surface area is 86.8 Å². The Balaban J connectivity index is 2.78. The third-order valence-electron chi connectivity index (χ3n) is 1.65. The highest BCUT2D eigenvalue weighted by Crippen LogP contribution is 2.16. The predicted octanol–water partition coefficient (Wildman–Crippen LogP) is 1.20. The van der Waals surface area contributed by atoms with Crippen molar-refractivity contribution in [1.29, 1.82) is 0 Å². The molecule has 0 saturated carbocycles. The Hall–Kier alpha value is -1.32. The van der Waals surface area contributed by atoms with Gasteiger partial charge in [0.05, 0.1) is 0 Å². The number of aliphatic hydroxyl groups excluding tert-OH is 1. The van der Waals surface area contributed by atoms with Crippen LogP contribution in [0.1, 0.15) is 5.56 Å². The van der Waals surface area contributed by atoms with E-state index in [9.17, 15) is 4.79 Å². The number of carbonyl (C=O) groups excluding carboxylic acids is 1. The second kappa shape index (κ2) is 4.79. The molecular formula is C10H10ClNO2. The lowest BCUT2D eigenvalue weighted by Gasteiger charge is -1.99. The third-order valence-corrected chi connectivity index (χ3v) is 2.00. The number of nitrogens with two attached hydrogens (primary N) is 1. The monoisotopic (exact) mass is 211 g/mol. The summed E-state index contributed by atoms with van der Waals surface area (Å²) in [6.45, 7) is 0. The highest BCUT2D eigenvalue weighted by molar-refractivity contribution is 6.32. The minimum atomic E-state index is -1.27. The van der Waals surface area contributed by atoms with Crippen molar-refractivity contribution in [2.75, 3.05) is 0 Å². The van der Waals surface area contributed by atoms with Gasteiger partial charge < -0.3 is 10.8 Å². The Bertz CT molecular complexity index is 363. The summed E-state index contributed by atoms with van der Waals surface area (Å²) in [6, 6.07) is 7.09. The van der Waals surface area contributed by atoms with Crippen LogP contribution in [0.15, 0.2) is 30.3 Å². The molecule has 1 aromatic rings. The van der Waals surface area contributed by atoms with Crippen molar-refractivity contribution >= 4 is 23.6 Å². The van der Waals surface area contributed by atoms with Crippen LogP contribution in [-0.2, 0) is 4.79 Å². The number of halogens is 1. The molecule has 0 aliphatic carbocycles. The minimum absolute atomic E-state index is 0.556. The maximum absolute atomic E-state index is 10.5. The van der Waals surface area contributed by atoms with Crippen molar-refractivity contribution in [3.05, 3.63) is 40.9 Å². The number of amides is 1. The zero-order valence-corrected chi connectivity index (χ0v) is 8.11. The van der Waals surface area contributed by atoms with Crippen molar-refractivity contribution in [2.45, 2.75) is 6.10 Å². The van der Waals surface area contributed by atoms with Crippen LogP contribution < -0.4 is 5.73 Å². The highest BCUT2D eigenvalue weighted by Gasteiger charge is 2.05. The number of aliphatic hydroxyl groups is 1. The average Bonchev–Trinajstić information content (AvgIpc) is 2.16. The molecule has 1 unspecified atom stereocenters. The summed E-state index contributed by atoms with van der Waals surface area (Å²) in [5.41, 5.74) is 5.60. The van der Waals surface area contributed by atoms with Gasteiger partial charge in [0.25, 0.3) is 0 Å². The number of hydrogen-bond donors (Lipinski definition) is 2. The summed E-state index contributed by atoms with van der Waals surface area (Å²) in [5, 5.41) is 9.63. The molecule has 3 N–H and O–H groups in total. The topological polar surface area (TPSA) is 63.3 Å². The van der Waals surface area contributed by atoms with Crippen molar-refractivity contribution in [3.8, 4) is 0 Å². The van der Waals surface area contributed by atoms with E-state index in [0.29, 0.717) is 5.02 Å². The second-order valence-electron chi connectivity index (χ2n) is 2.73. The first-order chi connectivity index (χ1) is 6.61. The Kier molecular flexibility index (Phi) is 3.68. The van der Waals surface area contributed by atoms with Gasteiger partial charge in [-0.1, -0.05) is 35.9 Å². The molecule has 74 valence electrons. The lowest BCUT2D eigenvalue weighted by atomic mass is 10.2. The summed E-state index contributed by atoms with van der Waals surface area (Å²) in [4.78, 5) is 10.5. The van der Waals surface area contributed by atoms with Crippen LogP contribution >= 0.6 is 11.6 Å². The second-order valence-corrected chi connectivity index (χ2v) is 3.14. The van der Waals surface area contributed by atoms with Crippen molar-refractivity contribution < 1.29 is 9.90 Å². The van der Waals surface area contributed by atoms with Crippen molar-refractivity contribution in [1.82, 2.24) is 0 Å². The van der Waals surface area contributed by atoms with Crippen LogP contribution in [0.5, 0.6) is 0 Å².